The molecule has 0 radical (unpaired) electrons. The molecule has 5 rings (SSSR count). The minimum Gasteiger partial charge on any atom is -0.850 e. The van der Waals surface area contributed by atoms with Gasteiger partial charge in [-0.2, -0.15) is 10.5 Å². The summed E-state index contributed by atoms with van der Waals surface area (Å²) in [5.41, 5.74) is 14.0. The Morgan fingerprint density at radius 2 is 1.12 bits per heavy atom. The first-order valence-corrected chi connectivity index (χ1v) is 14.2. The second-order valence-electron chi connectivity index (χ2n) is 10.5. The minimum absolute atomic E-state index is 0. The maximum atomic E-state index is 10.1. The van der Waals surface area contributed by atoms with Crippen molar-refractivity contribution in [2.45, 2.75) is 26.4 Å². The topological polar surface area (TPSA) is 185 Å². The van der Waals surface area contributed by atoms with Crippen LogP contribution in [-0.4, -0.2) is 44.0 Å². The Labute approximate surface area is 324 Å². The number of methoxy groups -OCH3 is 4. The third kappa shape index (κ3) is 13.4. The Kier molecular flexibility index (Phi) is 18.0. The molecular formula is C36H39KN6O5. The molecule has 0 amide bonds. The predicted molar refractivity (Wildman–Crippen MR) is 182 cm³/mol. The Morgan fingerprint density at radius 3 is 1.58 bits per heavy atom. The van der Waals surface area contributed by atoms with Gasteiger partial charge in [0, 0.05) is 29.1 Å². The van der Waals surface area contributed by atoms with Crippen molar-refractivity contribution in [2.24, 2.45) is 0 Å². The molecule has 1 aromatic heterocycles. The van der Waals surface area contributed by atoms with Crippen LogP contribution in [-0.2, 0) is 0 Å². The average molecular weight is 675 g/mol. The molecule has 0 aliphatic rings. The van der Waals surface area contributed by atoms with E-state index < -0.39 is 5.60 Å². The van der Waals surface area contributed by atoms with Crippen molar-refractivity contribution in [1.29, 1.82) is 10.5 Å². The Bertz CT molecular complexity index is 1810. The number of benzene rings is 4. The van der Waals surface area contributed by atoms with E-state index in [1.165, 1.54) is 14.2 Å². The fourth-order valence-electron chi connectivity index (χ4n) is 3.70. The number of nitrogens with zero attached hydrogens (tertiary/aromatic N) is 4. The third-order valence-electron chi connectivity index (χ3n) is 5.84. The smallest absolute Gasteiger partial charge is 0.850 e. The van der Waals surface area contributed by atoms with Gasteiger partial charge in [-0.15, -0.1) is 5.60 Å². The molecule has 0 unspecified atom stereocenters. The van der Waals surface area contributed by atoms with Gasteiger partial charge in [-0.25, -0.2) is 9.97 Å². The van der Waals surface area contributed by atoms with Crippen LogP contribution in [0.5, 0.6) is 23.0 Å². The second kappa shape index (κ2) is 20.8. The number of nitrogen functional groups attached to an aromatic ring is 2. The van der Waals surface area contributed by atoms with Crippen molar-refractivity contribution in [2.75, 3.05) is 39.9 Å². The molecule has 0 aliphatic carbocycles. The Morgan fingerprint density at radius 1 is 0.667 bits per heavy atom. The van der Waals surface area contributed by atoms with E-state index in [-0.39, 0.29) is 51.4 Å². The summed E-state index contributed by atoms with van der Waals surface area (Å²) in [6.07, 6.45) is 0. The summed E-state index contributed by atoms with van der Waals surface area (Å²) in [7, 11) is 6.20. The number of fused-ring (bicyclic) bond motifs is 1. The maximum absolute atomic E-state index is 10.1. The van der Waals surface area contributed by atoms with E-state index in [9.17, 15) is 5.11 Å². The quantitative estimate of drug-likeness (QED) is 0.206. The molecule has 48 heavy (non-hydrogen) atoms. The molecule has 1 heterocycles. The molecule has 11 nitrogen and oxygen atoms in total. The van der Waals surface area contributed by atoms with Gasteiger partial charge < -0.3 is 35.5 Å². The molecule has 0 saturated heterocycles. The van der Waals surface area contributed by atoms with Gasteiger partial charge in [0.2, 0.25) is 0 Å². The van der Waals surface area contributed by atoms with Crippen LogP contribution in [0.3, 0.4) is 0 Å². The van der Waals surface area contributed by atoms with Crippen molar-refractivity contribution in [3.05, 3.63) is 96.1 Å². The van der Waals surface area contributed by atoms with Crippen LogP contribution in [0.25, 0.3) is 22.3 Å². The molecule has 244 valence electrons. The number of anilines is 2. The van der Waals surface area contributed by atoms with Gasteiger partial charge in [0.05, 0.1) is 56.8 Å². The number of hydrogen-bond acceptors (Lipinski definition) is 11. The molecule has 4 aromatic carbocycles. The van der Waals surface area contributed by atoms with Crippen molar-refractivity contribution in [3.63, 3.8) is 0 Å². The number of nitrogens with two attached hydrogens (primary N) is 2. The van der Waals surface area contributed by atoms with Crippen LogP contribution >= 0.6 is 0 Å². The zero-order valence-electron chi connectivity index (χ0n) is 28.6. The molecule has 4 N–H and O–H groups in total. The van der Waals surface area contributed by atoms with Crippen molar-refractivity contribution < 1.29 is 75.4 Å². The van der Waals surface area contributed by atoms with Gasteiger partial charge in [0.1, 0.15) is 11.9 Å². The van der Waals surface area contributed by atoms with E-state index in [1.54, 1.807) is 71.4 Å². The number of hydrogen-bond donors (Lipinski definition) is 2. The molecule has 0 spiro atoms. The van der Waals surface area contributed by atoms with Gasteiger partial charge >= 0.3 is 51.4 Å². The first-order valence-electron chi connectivity index (χ1n) is 14.2. The van der Waals surface area contributed by atoms with Crippen LogP contribution in [0.1, 0.15) is 31.9 Å². The summed E-state index contributed by atoms with van der Waals surface area (Å²) >= 11 is 0. The zero-order valence-corrected chi connectivity index (χ0v) is 31.7. The molecule has 0 bridgehead atoms. The average Bonchev–Trinajstić information content (AvgIpc) is 3.08. The van der Waals surface area contributed by atoms with Crippen LogP contribution in [0.4, 0.5) is 11.5 Å². The van der Waals surface area contributed by atoms with Crippen molar-refractivity contribution >= 4 is 22.4 Å². The number of rotatable bonds is 5. The second-order valence-corrected chi connectivity index (χ2v) is 10.5. The molecule has 0 saturated carbocycles. The van der Waals surface area contributed by atoms with Gasteiger partial charge in [-0.1, -0.05) is 69.3 Å². The van der Waals surface area contributed by atoms with Crippen LogP contribution in [0.15, 0.2) is 84.9 Å². The normalized spacial score (nSPS) is 9.62. The number of aromatic nitrogens is 2. The zero-order chi connectivity index (χ0) is 35.0. The van der Waals surface area contributed by atoms with E-state index in [2.05, 4.69) is 9.97 Å². The van der Waals surface area contributed by atoms with E-state index >= 15 is 0 Å². The molecule has 0 atom stereocenters. The molecular weight excluding hydrogens is 636 g/mol. The Hall–Kier alpha value is -4.40. The van der Waals surface area contributed by atoms with Gasteiger partial charge in [0.15, 0.2) is 28.8 Å². The van der Waals surface area contributed by atoms with E-state index in [4.69, 9.17) is 40.9 Å². The summed E-state index contributed by atoms with van der Waals surface area (Å²) < 4.78 is 20.6. The SMILES string of the molecule is CC(C)(C)[O-].COc1cc(N)c(C#N)cc1OC.COc1cc2nc(-c3ccccc3)nc(N)c2cc1OC.N#Cc1ccccc1.[K+]. The van der Waals surface area contributed by atoms with Crippen LogP contribution in [0, 0.1) is 22.7 Å². The van der Waals surface area contributed by atoms with Crippen LogP contribution in [0.2, 0.25) is 0 Å². The summed E-state index contributed by atoms with van der Waals surface area (Å²) in [4.78, 5) is 8.94. The standard InChI is InChI=1S/C16H15N3O2.C9H10N2O2.C7H5N.C4H9O.K/c1-20-13-8-11-12(9-14(13)21-2)18-16(19-15(11)17)10-6-4-3-5-7-10;1-12-8-3-6(5-10)7(11)4-9(8)13-2;8-6-7-4-2-1-3-5-7;1-4(2,3)5;/h3-9H,1-2H3,(H2,17,18,19);3-4H,11H2,1-2H3;1-5H;1-3H3;/q;;;-1;+1. The fraction of sp³-hybridized carbons (Fsp3) is 0.222. The largest absolute Gasteiger partial charge is 1.00 e. The number of nitriles is 2. The summed E-state index contributed by atoms with van der Waals surface area (Å²) in [5.74, 6) is 3.26. The predicted octanol–water partition coefficient (Wildman–Crippen LogP) is 2.76. The number of ether oxygens (including phenoxy) is 4. The van der Waals surface area contributed by atoms with E-state index in [0.717, 1.165) is 16.5 Å². The molecule has 0 fully saturated rings. The fourth-order valence-corrected chi connectivity index (χ4v) is 3.70. The molecule has 5 aromatic rings. The van der Waals surface area contributed by atoms with E-state index in [0.29, 0.717) is 51.5 Å². The first-order chi connectivity index (χ1) is 22.4. The van der Waals surface area contributed by atoms with Crippen molar-refractivity contribution in [1.82, 2.24) is 9.97 Å². The summed E-state index contributed by atoms with van der Waals surface area (Å²) in [6, 6.07) is 29.5. The maximum Gasteiger partial charge on any atom is 1.00 e. The van der Waals surface area contributed by atoms with Gasteiger partial charge in [-0.05, 0) is 18.2 Å². The van der Waals surface area contributed by atoms with Gasteiger partial charge in [-0.3, -0.25) is 0 Å². The minimum atomic E-state index is -0.750. The van der Waals surface area contributed by atoms with Gasteiger partial charge in [0.25, 0.3) is 0 Å². The summed E-state index contributed by atoms with van der Waals surface area (Å²) in [5, 5.41) is 27.8. The molecule has 12 heteroatoms. The van der Waals surface area contributed by atoms with E-state index in [1.807, 2.05) is 60.7 Å². The molecule has 0 aliphatic heterocycles. The first kappa shape index (κ1) is 41.6. The summed E-state index contributed by atoms with van der Waals surface area (Å²) in [6.45, 7) is 4.90. The Balaban J connectivity index is 0.000000364. The monoisotopic (exact) mass is 674 g/mol. The third-order valence-corrected chi connectivity index (χ3v) is 5.84. The van der Waals surface area contributed by atoms with Crippen molar-refractivity contribution in [3.8, 4) is 46.5 Å². The van der Waals surface area contributed by atoms with Crippen LogP contribution < -0.4 is 86.9 Å².